The van der Waals surface area contributed by atoms with Crippen molar-refractivity contribution in [3.8, 4) is 0 Å². The molecule has 1 saturated heterocycles. The summed E-state index contributed by atoms with van der Waals surface area (Å²) in [6.45, 7) is 0. The number of nitro benzene ring substituents is 1. The number of hydrazone groups is 1. The second-order valence-corrected chi connectivity index (χ2v) is 6.94. The van der Waals surface area contributed by atoms with E-state index in [1.807, 2.05) is 0 Å². The van der Waals surface area contributed by atoms with Crippen LogP contribution in [0, 0.1) is 16.0 Å². The fourth-order valence-corrected chi connectivity index (χ4v) is 3.60. The standard InChI is InChI=1S/C19H13ClN4O6/c1-30-19(27)15-14-16(23(21-15)12-4-2-10(20)3-5-12)18(26)22(17(14)25)11-6-8-13(9-7-11)24(28)29/h2-9,14,16H,1H3/t14-,16+/m0/s1. The van der Waals surface area contributed by atoms with Gasteiger partial charge < -0.3 is 4.74 Å². The first-order valence-electron chi connectivity index (χ1n) is 8.67. The Balaban J connectivity index is 1.76. The number of nitrogens with zero attached hydrogens (tertiary/aromatic N) is 4. The summed E-state index contributed by atoms with van der Waals surface area (Å²) in [5.41, 5.74) is 0.239. The van der Waals surface area contributed by atoms with E-state index in [9.17, 15) is 24.5 Å². The lowest BCUT2D eigenvalue weighted by molar-refractivity contribution is -0.384. The second kappa shape index (κ2) is 7.23. The molecule has 0 bridgehead atoms. The van der Waals surface area contributed by atoms with Gasteiger partial charge in [0.2, 0.25) is 5.91 Å². The molecule has 2 heterocycles. The van der Waals surface area contributed by atoms with Crippen LogP contribution in [0.15, 0.2) is 53.6 Å². The Hall–Kier alpha value is -3.79. The molecule has 2 aromatic carbocycles. The molecule has 2 atom stereocenters. The summed E-state index contributed by atoms with van der Waals surface area (Å²) >= 11 is 5.92. The van der Waals surface area contributed by atoms with Crippen LogP contribution in [0.5, 0.6) is 0 Å². The van der Waals surface area contributed by atoms with Crippen LogP contribution in [0.3, 0.4) is 0 Å². The van der Waals surface area contributed by atoms with E-state index in [-0.39, 0.29) is 17.1 Å². The molecule has 10 nitrogen and oxygen atoms in total. The number of imide groups is 1. The van der Waals surface area contributed by atoms with E-state index in [1.165, 1.54) is 29.3 Å². The number of amides is 2. The lowest BCUT2D eigenvalue weighted by atomic mass is 9.98. The van der Waals surface area contributed by atoms with E-state index in [2.05, 4.69) is 5.10 Å². The molecule has 30 heavy (non-hydrogen) atoms. The molecule has 11 heteroatoms. The first kappa shape index (κ1) is 19.5. The Kier molecular flexibility index (Phi) is 4.70. The highest BCUT2D eigenvalue weighted by molar-refractivity contribution is 6.47. The summed E-state index contributed by atoms with van der Waals surface area (Å²) in [6, 6.07) is 10.3. The molecule has 0 aliphatic carbocycles. The van der Waals surface area contributed by atoms with Crippen molar-refractivity contribution in [2.24, 2.45) is 11.0 Å². The van der Waals surface area contributed by atoms with Crippen LogP contribution < -0.4 is 9.91 Å². The van der Waals surface area contributed by atoms with Gasteiger partial charge in [0.05, 0.1) is 23.4 Å². The number of fused-ring (bicyclic) bond motifs is 1. The summed E-state index contributed by atoms with van der Waals surface area (Å²) in [5, 5.41) is 16.8. The topological polar surface area (TPSA) is 122 Å². The molecule has 2 aromatic rings. The lowest BCUT2D eigenvalue weighted by Crippen LogP contribution is -2.39. The van der Waals surface area contributed by atoms with Crippen LogP contribution in [-0.2, 0) is 19.1 Å². The third-order valence-electron chi connectivity index (χ3n) is 4.85. The number of anilines is 2. The Labute approximate surface area is 174 Å². The van der Waals surface area contributed by atoms with Gasteiger partial charge in [-0.05, 0) is 36.4 Å². The van der Waals surface area contributed by atoms with Gasteiger partial charge in [-0.3, -0.25) is 24.7 Å². The molecule has 152 valence electrons. The monoisotopic (exact) mass is 428 g/mol. The van der Waals surface area contributed by atoms with Gasteiger partial charge in [0.15, 0.2) is 5.71 Å². The predicted octanol–water partition coefficient (Wildman–Crippen LogP) is 2.16. The number of methoxy groups -OCH3 is 1. The number of halogens is 1. The van der Waals surface area contributed by atoms with Crippen molar-refractivity contribution in [1.82, 2.24) is 0 Å². The fourth-order valence-electron chi connectivity index (χ4n) is 3.47. The minimum atomic E-state index is -1.17. The van der Waals surface area contributed by atoms with Crippen molar-refractivity contribution in [3.05, 3.63) is 63.7 Å². The zero-order valence-corrected chi connectivity index (χ0v) is 16.1. The molecule has 0 radical (unpaired) electrons. The van der Waals surface area contributed by atoms with E-state index in [4.69, 9.17) is 16.3 Å². The minimum absolute atomic E-state index is 0.158. The van der Waals surface area contributed by atoms with E-state index in [0.717, 1.165) is 12.0 Å². The first-order valence-corrected chi connectivity index (χ1v) is 9.05. The van der Waals surface area contributed by atoms with Crippen LogP contribution in [-0.4, -0.2) is 41.6 Å². The van der Waals surface area contributed by atoms with Crippen LogP contribution >= 0.6 is 11.6 Å². The zero-order valence-electron chi connectivity index (χ0n) is 15.4. The quantitative estimate of drug-likeness (QED) is 0.316. The first-order chi connectivity index (χ1) is 14.3. The number of carbonyl (C=O) groups is 3. The Morgan fingerprint density at radius 3 is 2.23 bits per heavy atom. The van der Waals surface area contributed by atoms with Gasteiger partial charge in [0.1, 0.15) is 12.0 Å². The van der Waals surface area contributed by atoms with Crippen molar-refractivity contribution in [2.45, 2.75) is 6.04 Å². The van der Waals surface area contributed by atoms with E-state index in [0.29, 0.717) is 10.7 Å². The number of hydrogen-bond donors (Lipinski definition) is 0. The van der Waals surface area contributed by atoms with Gasteiger partial charge in [0.25, 0.3) is 11.6 Å². The van der Waals surface area contributed by atoms with Crippen LogP contribution in [0.2, 0.25) is 5.02 Å². The number of esters is 1. The van der Waals surface area contributed by atoms with E-state index >= 15 is 0 Å². The highest BCUT2D eigenvalue weighted by Crippen LogP contribution is 2.38. The Bertz CT molecular complexity index is 1100. The smallest absolute Gasteiger partial charge is 0.355 e. The molecule has 0 spiro atoms. The Morgan fingerprint density at radius 1 is 1.07 bits per heavy atom. The zero-order chi connectivity index (χ0) is 21.6. The van der Waals surface area contributed by atoms with Gasteiger partial charge in [-0.1, -0.05) is 11.6 Å². The maximum atomic E-state index is 13.2. The normalized spacial score (nSPS) is 20.3. The molecule has 0 unspecified atom stereocenters. The molecular weight excluding hydrogens is 416 g/mol. The average molecular weight is 429 g/mol. The number of carbonyl (C=O) groups excluding carboxylic acids is 3. The summed E-state index contributed by atoms with van der Waals surface area (Å²) in [4.78, 5) is 49.7. The number of nitro groups is 1. The minimum Gasteiger partial charge on any atom is -0.464 e. The molecule has 2 amide bonds. The molecular formula is C19H13ClN4O6. The van der Waals surface area contributed by atoms with Gasteiger partial charge in [-0.25, -0.2) is 9.69 Å². The molecule has 0 saturated carbocycles. The van der Waals surface area contributed by atoms with Crippen molar-refractivity contribution in [2.75, 3.05) is 17.0 Å². The van der Waals surface area contributed by atoms with Gasteiger partial charge in [0, 0.05) is 17.2 Å². The van der Waals surface area contributed by atoms with Crippen LogP contribution in [0.25, 0.3) is 0 Å². The number of non-ortho nitro benzene ring substituents is 1. The molecule has 4 rings (SSSR count). The number of rotatable bonds is 4. The SMILES string of the molecule is COC(=O)C1=NN(c2ccc(Cl)cc2)[C@H]2C(=O)N(c3ccc([N+](=O)[O-])cc3)C(=O)[C@@H]12. The van der Waals surface area contributed by atoms with Gasteiger partial charge in [-0.15, -0.1) is 0 Å². The summed E-state index contributed by atoms with van der Waals surface area (Å²) < 4.78 is 4.74. The largest absolute Gasteiger partial charge is 0.464 e. The molecule has 0 N–H and O–H groups in total. The maximum absolute atomic E-state index is 13.2. The summed E-state index contributed by atoms with van der Waals surface area (Å²) in [7, 11) is 1.15. The molecule has 1 fully saturated rings. The lowest BCUT2D eigenvalue weighted by Gasteiger charge is -2.22. The van der Waals surface area contributed by atoms with Crippen molar-refractivity contribution in [3.63, 3.8) is 0 Å². The third-order valence-corrected chi connectivity index (χ3v) is 5.11. The molecule has 2 aliphatic rings. The summed E-state index contributed by atoms with van der Waals surface area (Å²) in [5.74, 6) is -3.28. The van der Waals surface area contributed by atoms with Crippen molar-refractivity contribution >= 4 is 52.2 Å². The predicted molar refractivity (Wildman–Crippen MR) is 106 cm³/mol. The highest BCUT2D eigenvalue weighted by atomic mass is 35.5. The van der Waals surface area contributed by atoms with Gasteiger partial charge in [-0.2, -0.15) is 5.10 Å². The summed E-state index contributed by atoms with van der Waals surface area (Å²) in [6.07, 6.45) is 0. The van der Waals surface area contributed by atoms with Crippen LogP contribution in [0.4, 0.5) is 17.1 Å². The number of ether oxygens (including phenoxy) is 1. The van der Waals surface area contributed by atoms with Crippen molar-refractivity contribution in [1.29, 1.82) is 0 Å². The third kappa shape index (κ3) is 2.98. The molecule has 2 aliphatic heterocycles. The van der Waals surface area contributed by atoms with Crippen molar-refractivity contribution < 1.29 is 24.0 Å². The van der Waals surface area contributed by atoms with Gasteiger partial charge >= 0.3 is 5.97 Å². The number of hydrogen-bond acceptors (Lipinski definition) is 8. The van der Waals surface area contributed by atoms with E-state index < -0.39 is 34.7 Å². The van der Waals surface area contributed by atoms with Crippen LogP contribution in [0.1, 0.15) is 0 Å². The Morgan fingerprint density at radius 2 is 1.67 bits per heavy atom. The van der Waals surface area contributed by atoms with E-state index in [1.54, 1.807) is 24.3 Å². The maximum Gasteiger partial charge on any atom is 0.355 e. The highest BCUT2D eigenvalue weighted by Gasteiger charge is 2.59. The fraction of sp³-hybridized carbons (Fsp3) is 0.158. The average Bonchev–Trinajstić information content (AvgIpc) is 3.25. The number of benzene rings is 2. The molecule has 0 aromatic heterocycles. The second-order valence-electron chi connectivity index (χ2n) is 6.51.